The molecule has 1 N–H and O–H groups in total. The third kappa shape index (κ3) is 2.68. The maximum atomic E-state index is 13.0. The molecule has 1 atom stereocenters. The van der Waals surface area contributed by atoms with E-state index in [2.05, 4.69) is 0 Å². The van der Waals surface area contributed by atoms with E-state index in [0.29, 0.717) is 22.8 Å². The van der Waals surface area contributed by atoms with Crippen LogP contribution in [-0.4, -0.2) is 16.8 Å². The Hall–Kier alpha value is -4.05. The number of nitriles is 1. The summed E-state index contributed by atoms with van der Waals surface area (Å²) in [5.41, 5.74) is 0.709. The highest BCUT2D eigenvalue weighted by Gasteiger charge is 2.46. The molecule has 7 nitrogen and oxygen atoms in total. The van der Waals surface area contributed by atoms with Gasteiger partial charge in [0.2, 0.25) is 5.78 Å². The average molecular weight is 374 g/mol. The molecule has 28 heavy (non-hydrogen) atoms. The average Bonchev–Trinajstić information content (AvgIpc) is 3.43. The van der Waals surface area contributed by atoms with Crippen LogP contribution in [0.3, 0.4) is 0 Å². The first-order valence-corrected chi connectivity index (χ1v) is 8.42. The van der Waals surface area contributed by atoms with Crippen molar-refractivity contribution < 1.29 is 23.5 Å². The Balaban J connectivity index is 1.86. The fourth-order valence-corrected chi connectivity index (χ4v) is 3.21. The van der Waals surface area contributed by atoms with Crippen molar-refractivity contribution in [2.24, 2.45) is 0 Å². The quantitative estimate of drug-likeness (QED) is 0.695. The van der Waals surface area contributed by atoms with E-state index in [1.54, 1.807) is 49.4 Å². The molecule has 1 aliphatic heterocycles. The molecule has 2 aromatic heterocycles. The van der Waals surface area contributed by atoms with Gasteiger partial charge in [0.1, 0.15) is 17.6 Å². The maximum Gasteiger partial charge on any atom is 0.294 e. The number of carbonyl (C=O) groups is 2. The largest absolute Gasteiger partial charge is 0.503 e. The second-order valence-corrected chi connectivity index (χ2v) is 6.25. The van der Waals surface area contributed by atoms with Gasteiger partial charge in [0.15, 0.2) is 11.5 Å². The number of anilines is 1. The number of nitrogens with zero attached hydrogens (tertiary/aromatic N) is 2. The number of Topliss-reactive ketones (excluding diaryl/α,β-unsaturated/α-hetero) is 1. The fraction of sp³-hybridized carbons (Fsp3) is 0.0952. The number of amides is 1. The van der Waals surface area contributed by atoms with Crippen molar-refractivity contribution in [3.05, 3.63) is 89.0 Å². The number of rotatable bonds is 4. The summed E-state index contributed by atoms with van der Waals surface area (Å²) in [6, 6.07) is 13.7. The highest BCUT2D eigenvalue weighted by Crippen LogP contribution is 2.42. The Morgan fingerprint density at radius 2 is 1.93 bits per heavy atom. The summed E-state index contributed by atoms with van der Waals surface area (Å²) in [5.74, 6) is -1.08. The van der Waals surface area contributed by atoms with Gasteiger partial charge >= 0.3 is 0 Å². The minimum Gasteiger partial charge on any atom is -0.503 e. The lowest BCUT2D eigenvalue weighted by Gasteiger charge is -2.24. The van der Waals surface area contributed by atoms with Gasteiger partial charge in [-0.05, 0) is 55.5 Å². The number of aliphatic hydroxyl groups excluding tert-OH is 1. The first-order chi connectivity index (χ1) is 13.5. The van der Waals surface area contributed by atoms with E-state index in [1.165, 1.54) is 17.2 Å². The summed E-state index contributed by atoms with van der Waals surface area (Å²) >= 11 is 0. The molecule has 1 unspecified atom stereocenters. The molecule has 0 spiro atoms. The van der Waals surface area contributed by atoms with Crippen LogP contribution in [0, 0.1) is 18.3 Å². The minimum absolute atomic E-state index is 0.00399. The van der Waals surface area contributed by atoms with Gasteiger partial charge in [-0.2, -0.15) is 5.26 Å². The number of aliphatic hydroxyl groups is 1. The summed E-state index contributed by atoms with van der Waals surface area (Å²) in [4.78, 5) is 27.1. The predicted octanol–water partition coefficient (Wildman–Crippen LogP) is 3.84. The van der Waals surface area contributed by atoms with E-state index in [4.69, 9.17) is 14.1 Å². The lowest BCUT2D eigenvalue weighted by Crippen LogP contribution is -2.30. The molecule has 7 heteroatoms. The molecule has 0 fully saturated rings. The first kappa shape index (κ1) is 17.4. The Labute approximate surface area is 159 Å². The second kappa shape index (κ2) is 6.59. The maximum absolute atomic E-state index is 13.0. The molecule has 3 aromatic rings. The number of hydrogen-bond donors (Lipinski definition) is 1. The van der Waals surface area contributed by atoms with Crippen molar-refractivity contribution in [3.8, 4) is 6.07 Å². The Morgan fingerprint density at radius 1 is 1.18 bits per heavy atom. The van der Waals surface area contributed by atoms with Crippen molar-refractivity contribution >= 4 is 17.4 Å². The molecule has 0 saturated carbocycles. The molecule has 0 saturated heterocycles. The normalized spacial score (nSPS) is 16.5. The number of aryl methyl sites for hydroxylation is 1. The smallest absolute Gasteiger partial charge is 0.294 e. The molecule has 4 rings (SSSR count). The highest BCUT2D eigenvalue weighted by molar-refractivity contribution is 6.20. The predicted molar refractivity (Wildman–Crippen MR) is 97.5 cm³/mol. The van der Waals surface area contributed by atoms with Gasteiger partial charge in [0.05, 0.1) is 23.5 Å². The molecule has 1 aliphatic rings. The SMILES string of the molecule is Cc1ccc(C2C(C(=O)c3ccco3)=C(O)C(=O)N2c2ccc(C#N)cc2)o1. The molecule has 0 radical (unpaired) electrons. The molecular formula is C21H14N2O5. The molecular weight excluding hydrogens is 360 g/mol. The van der Waals surface area contributed by atoms with E-state index in [9.17, 15) is 14.7 Å². The van der Waals surface area contributed by atoms with E-state index in [-0.39, 0.29) is 11.3 Å². The van der Waals surface area contributed by atoms with Crippen LogP contribution in [0.15, 0.2) is 75.0 Å². The number of ketones is 1. The van der Waals surface area contributed by atoms with E-state index < -0.39 is 23.5 Å². The Kier molecular flexibility index (Phi) is 4.09. The molecule has 0 bridgehead atoms. The van der Waals surface area contributed by atoms with Crippen LogP contribution in [0.5, 0.6) is 0 Å². The van der Waals surface area contributed by atoms with Crippen LogP contribution in [-0.2, 0) is 4.79 Å². The minimum atomic E-state index is -0.966. The van der Waals surface area contributed by atoms with Crippen molar-refractivity contribution in [1.29, 1.82) is 5.26 Å². The summed E-state index contributed by atoms with van der Waals surface area (Å²) in [7, 11) is 0. The van der Waals surface area contributed by atoms with Crippen LogP contribution in [0.1, 0.15) is 33.7 Å². The monoisotopic (exact) mass is 374 g/mol. The van der Waals surface area contributed by atoms with Gasteiger partial charge in [-0.15, -0.1) is 0 Å². The Bertz CT molecular complexity index is 1130. The van der Waals surface area contributed by atoms with Gasteiger partial charge in [-0.3, -0.25) is 14.5 Å². The van der Waals surface area contributed by atoms with Gasteiger partial charge in [0.25, 0.3) is 5.91 Å². The first-order valence-electron chi connectivity index (χ1n) is 8.42. The van der Waals surface area contributed by atoms with E-state index in [1.807, 2.05) is 6.07 Å². The van der Waals surface area contributed by atoms with Crippen molar-refractivity contribution in [2.45, 2.75) is 13.0 Å². The zero-order chi connectivity index (χ0) is 19.8. The third-order valence-electron chi connectivity index (χ3n) is 4.50. The molecule has 0 aliphatic carbocycles. The Morgan fingerprint density at radius 3 is 2.50 bits per heavy atom. The lowest BCUT2D eigenvalue weighted by atomic mass is 9.99. The van der Waals surface area contributed by atoms with Crippen LogP contribution in [0.4, 0.5) is 5.69 Å². The molecule has 1 aromatic carbocycles. The summed E-state index contributed by atoms with van der Waals surface area (Å²) in [5, 5.41) is 19.5. The van der Waals surface area contributed by atoms with Gasteiger partial charge in [0, 0.05) is 5.69 Å². The van der Waals surface area contributed by atoms with Crippen molar-refractivity contribution in [3.63, 3.8) is 0 Å². The van der Waals surface area contributed by atoms with Crippen LogP contribution in [0.25, 0.3) is 0 Å². The molecule has 3 heterocycles. The third-order valence-corrected chi connectivity index (χ3v) is 4.50. The van der Waals surface area contributed by atoms with Gasteiger partial charge in [-0.25, -0.2) is 0 Å². The van der Waals surface area contributed by atoms with Gasteiger partial charge < -0.3 is 13.9 Å². The molecule has 1 amide bonds. The standard InChI is InChI=1S/C21H14N2O5/c1-12-4-9-15(28-12)18-17(19(24)16-3-2-10-27-16)20(25)21(26)23(18)14-7-5-13(11-22)6-8-14/h2-10,18,25H,1H3. The van der Waals surface area contributed by atoms with Crippen molar-refractivity contribution in [1.82, 2.24) is 0 Å². The zero-order valence-electron chi connectivity index (χ0n) is 14.7. The fourth-order valence-electron chi connectivity index (χ4n) is 3.21. The highest BCUT2D eigenvalue weighted by atomic mass is 16.3. The summed E-state index contributed by atoms with van der Waals surface area (Å²) < 4.78 is 10.8. The summed E-state index contributed by atoms with van der Waals surface area (Å²) in [6.45, 7) is 1.74. The van der Waals surface area contributed by atoms with Crippen LogP contribution < -0.4 is 4.90 Å². The number of benzene rings is 1. The summed E-state index contributed by atoms with van der Waals surface area (Å²) in [6.07, 6.45) is 1.34. The van der Waals surface area contributed by atoms with Crippen LogP contribution >= 0.6 is 0 Å². The lowest BCUT2D eigenvalue weighted by molar-refractivity contribution is -0.117. The second-order valence-electron chi connectivity index (χ2n) is 6.25. The van der Waals surface area contributed by atoms with E-state index >= 15 is 0 Å². The number of hydrogen-bond acceptors (Lipinski definition) is 6. The van der Waals surface area contributed by atoms with Crippen molar-refractivity contribution in [2.75, 3.05) is 4.90 Å². The van der Waals surface area contributed by atoms with Crippen LogP contribution in [0.2, 0.25) is 0 Å². The van der Waals surface area contributed by atoms with E-state index in [0.717, 1.165) is 0 Å². The van der Waals surface area contributed by atoms with Gasteiger partial charge in [-0.1, -0.05) is 0 Å². The number of furan rings is 2. The topological polar surface area (TPSA) is 108 Å². The zero-order valence-corrected chi connectivity index (χ0v) is 14.7. The molecule has 138 valence electrons. The number of carbonyl (C=O) groups excluding carboxylic acids is 2.